The quantitative estimate of drug-likeness (QED) is 0.236. The van der Waals surface area contributed by atoms with Gasteiger partial charge in [-0.2, -0.15) is 9.78 Å². The molecule has 0 atom stereocenters. The molecule has 1 aromatic heterocycles. The standard InChI is InChI=1S/C33H27ClFN5O2/c34-27-18-22(10-12-24(27)23-11-13-31(36-19-23)38-14-16-42-17-15-38)20-39-21-26-32(25-6-4-5-8-29(25)39)37-40(33(26)41)30-9-3-1-2-7-28(30)35/h1,3-13,18-19,21H,2,14-17,20H2. The molecular formula is C33H27ClFN5O2. The fourth-order valence-electron chi connectivity index (χ4n) is 5.55. The molecule has 0 spiro atoms. The van der Waals surface area contributed by atoms with Gasteiger partial charge in [-0.05, 0) is 48.4 Å². The summed E-state index contributed by atoms with van der Waals surface area (Å²) in [6, 6.07) is 17.8. The van der Waals surface area contributed by atoms with E-state index in [-0.39, 0.29) is 11.3 Å². The third-order valence-corrected chi connectivity index (χ3v) is 8.02. The lowest BCUT2D eigenvalue weighted by Crippen LogP contribution is -2.36. The first-order chi connectivity index (χ1) is 20.6. The van der Waals surface area contributed by atoms with Crippen molar-refractivity contribution in [2.24, 2.45) is 0 Å². The highest BCUT2D eigenvalue weighted by Gasteiger charge is 2.23. The topological polar surface area (TPSA) is 65.2 Å². The maximum atomic E-state index is 14.8. The highest BCUT2D eigenvalue weighted by molar-refractivity contribution is 6.33. The number of para-hydroxylation sites is 1. The first-order valence-electron chi connectivity index (χ1n) is 13.9. The van der Waals surface area contributed by atoms with E-state index in [4.69, 9.17) is 16.3 Å². The number of allylic oxidation sites excluding steroid dienone is 6. The molecular weight excluding hydrogens is 553 g/mol. The van der Waals surface area contributed by atoms with Gasteiger partial charge in [0.15, 0.2) is 0 Å². The molecule has 7 rings (SSSR count). The number of hydrogen-bond donors (Lipinski definition) is 0. The number of fused-ring (bicyclic) bond motifs is 3. The van der Waals surface area contributed by atoms with E-state index in [1.54, 1.807) is 18.3 Å². The Kier molecular flexibility index (Phi) is 6.93. The van der Waals surface area contributed by atoms with E-state index in [1.165, 1.54) is 6.08 Å². The molecule has 3 aromatic rings. The van der Waals surface area contributed by atoms with Crippen molar-refractivity contribution in [3.8, 4) is 22.4 Å². The molecule has 0 bridgehead atoms. The van der Waals surface area contributed by atoms with Crippen LogP contribution >= 0.6 is 11.6 Å². The van der Waals surface area contributed by atoms with E-state index in [0.29, 0.717) is 42.5 Å². The maximum Gasteiger partial charge on any atom is 0.282 e. The summed E-state index contributed by atoms with van der Waals surface area (Å²) in [7, 11) is 0. The Morgan fingerprint density at radius 3 is 2.69 bits per heavy atom. The third-order valence-electron chi connectivity index (χ3n) is 7.71. The number of nitrogens with zero attached hydrogens (tertiary/aromatic N) is 5. The van der Waals surface area contributed by atoms with E-state index in [0.717, 1.165) is 51.2 Å². The summed E-state index contributed by atoms with van der Waals surface area (Å²) in [5.41, 5.74) is 4.45. The van der Waals surface area contributed by atoms with E-state index < -0.39 is 5.83 Å². The van der Waals surface area contributed by atoms with Crippen LogP contribution < -0.4 is 10.5 Å². The van der Waals surface area contributed by atoms with Crippen LogP contribution in [-0.2, 0) is 11.3 Å². The van der Waals surface area contributed by atoms with Gasteiger partial charge in [0.25, 0.3) is 5.56 Å². The number of rotatable bonds is 5. The Bertz CT molecular complexity index is 1920. The predicted octanol–water partition coefficient (Wildman–Crippen LogP) is 6.56. The van der Waals surface area contributed by atoms with E-state index in [9.17, 15) is 9.18 Å². The molecule has 4 heterocycles. The maximum absolute atomic E-state index is 14.8. The lowest BCUT2D eigenvalue weighted by Gasteiger charge is -2.27. The Morgan fingerprint density at radius 1 is 1.02 bits per heavy atom. The molecule has 2 aromatic carbocycles. The zero-order chi connectivity index (χ0) is 28.6. The molecule has 0 N–H and O–H groups in total. The largest absolute Gasteiger partial charge is 0.378 e. The highest BCUT2D eigenvalue weighted by Crippen LogP contribution is 2.32. The Balaban J connectivity index is 1.23. The van der Waals surface area contributed by atoms with E-state index in [1.807, 2.05) is 71.4 Å². The minimum atomic E-state index is -0.470. The van der Waals surface area contributed by atoms with Gasteiger partial charge in [0.1, 0.15) is 23.0 Å². The number of benzene rings is 2. The zero-order valence-electron chi connectivity index (χ0n) is 22.7. The van der Waals surface area contributed by atoms with Crippen LogP contribution in [0.2, 0.25) is 5.02 Å². The number of pyridine rings is 2. The van der Waals surface area contributed by atoms with Crippen molar-refractivity contribution in [3.63, 3.8) is 0 Å². The van der Waals surface area contributed by atoms with Crippen LogP contribution in [0, 0.1) is 0 Å². The molecule has 0 saturated carbocycles. The fraction of sp³-hybridized carbons (Fsp3) is 0.182. The lowest BCUT2D eigenvalue weighted by atomic mass is 10.0. The second-order valence-corrected chi connectivity index (χ2v) is 10.7. The summed E-state index contributed by atoms with van der Waals surface area (Å²) in [5, 5.41) is 6.00. The van der Waals surface area contributed by atoms with Crippen LogP contribution in [0.25, 0.3) is 39.0 Å². The highest BCUT2D eigenvalue weighted by atomic mass is 35.5. The van der Waals surface area contributed by atoms with Crippen molar-refractivity contribution in [1.82, 2.24) is 19.3 Å². The molecule has 7 nitrogen and oxygen atoms in total. The Labute approximate surface area is 246 Å². The van der Waals surface area contributed by atoms with Gasteiger partial charge >= 0.3 is 0 Å². The molecule has 210 valence electrons. The van der Waals surface area contributed by atoms with Crippen LogP contribution in [0.5, 0.6) is 0 Å². The number of hydrogen-bond acceptors (Lipinski definition) is 5. The minimum Gasteiger partial charge on any atom is -0.378 e. The van der Waals surface area contributed by atoms with Crippen molar-refractivity contribution in [1.29, 1.82) is 0 Å². The summed E-state index contributed by atoms with van der Waals surface area (Å²) in [5.74, 6) is 0.461. The first kappa shape index (κ1) is 26.4. The number of aromatic nitrogens is 4. The summed E-state index contributed by atoms with van der Waals surface area (Å²) in [6.07, 6.45) is 10.7. The Morgan fingerprint density at radius 2 is 1.88 bits per heavy atom. The number of halogens is 2. The smallest absolute Gasteiger partial charge is 0.282 e. The van der Waals surface area contributed by atoms with Gasteiger partial charge < -0.3 is 14.2 Å². The van der Waals surface area contributed by atoms with Crippen molar-refractivity contribution < 1.29 is 9.13 Å². The van der Waals surface area contributed by atoms with Gasteiger partial charge in [-0.1, -0.05) is 54.1 Å². The van der Waals surface area contributed by atoms with Crippen LogP contribution in [0.1, 0.15) is 12.0 Å². The molecule has 1 aliphatic carbocycles. The number of anilines is 1. The fourth-order valence-corrected chi connectivity index (χ4v) is 5.86. The first-order valence-corrected chi connectivity index (χ1v) is 14.3. The second kappa shape index (κ2) is 11.0. The molecule has 9 heteroatoms. The molecule has 1 saturated heterocycles. The molecule has 4 aliphatic rings. The van der Waals surface area contributed by atoms with Gasteiger partial charge in [0.2, 0.25) is 0 Å². The minimum absolute atomic E-state index is 0.135. The van der Waals surface area contributed by atoms with Crippen molar-refractivity contribution in [2.45, 2.75) is 13.0 Å². The monoisotopic (exact) mass is 579 g/mol. The van der Waals surface area contributed by atoms with Crippen molar-refractivity contribution in [2.75, 3.05) is 31.2 Å². The zero-order valence-corrected chi connectivity index (χ0v) is 23.5. The van der Waals surface area contributed by atoms with Gasteiger partial charge in [-0.3, -0.25) is 4.79 Å². The average Bonchev–Trinajstić information content (AvgIpc) is 3.19. The molecule has 0 amide bonds. The van der Waals surface area contributed by atoms with E-state index >= 15 is 0 Å². The van der Waals surface area contributed by atoms with Crippen LogP contribution in [0.3, 0.4) is 0 Å². The second-order valence-electron chi connectivity index (χ2n) is 10.3. The van der Waals surface area contributed by atoms with Crippen LogP contribution in [-0.4, -0.2) is 45.6 Å². The summed E-state index contributed by atoms with van der Waals surface area (Å²) >= 11 is 6.79. The summed E-state index contributed by atoms with van der Waals surface area (Å²) in [6.45, 7) is 3.56. The summed E-state index contributed by atoms with van der Waals surface area (Å²) in [4.78, 5) is 20.4. The molecule has 0 radical (unpaired) electrons. The van der Waals surface area contributed by atoms with Gasteiger partial charge in [-0.15, -0.1) is 0 Å². The van der Waals surface area contributed by atoms with Gasteiger partial charge in [-0.25, -0.2) is 9.37 Å². The Hall–Kier alpha value is -4.53. The van der Waals surface area contributed by atoms with Gasteiger partial charge in [0.05, 0.1) is 24.3 Å². The third kappa shape index (κ3) is 4.82. The SMILES string of the molecule is O=c1c2cn(Cc3ccc(-c4ccc(N5CCOCC5)nc4)c(Cl)c3)c3ccccc3c-2nn1C1=CC=CCC=C1F. The van der Waals surface area contributed by atoms with Crippen LogP contribution in [0.15, 0.2) is 102 Å². The van der Waals surface area contributed by atoms with Crippen molar-refractivity contribution in [3.05, 3.63) is 118 Å². The molecule has 1 fully saturated rings. The average molecular weight is 580 g/mol. The van der Waals surface area contributed by atoms with Gasteiger partial charge in [0, 0.05) is 53.6 Å². The lowest BCUT2D eigenvalue weighted by molar-refractivity contribution is 0.122. The number of morpholine rings is 1. The molecule has 3 aliphatic heterocycles. The normalized spacial score (nSPS) is 15.6. The van der Waals surface area contributed by atoms with Crippen LogP contribution in [0.4, 0.5) is 10.2 Å². The predicted molar refractivity (Wildman–Crippen MR) is 165 cm³/mol. The van der Waals surface area contributed by atoms with E-state index in [2.05, 4.69) is 15.0 Å². The summed E-state index contributed by atoms with van der Waals surface area (Å²) < 4.78 is 23.4. The van der Waals surface area contributed by atoms with Crippen molar-refractivity contribution >= 4 is 34.0 Å². The molecule has 42 heavy (non-hydrogen) atoms. The molecule has 0 unspecified atom stereocenters. The number of ether oxygens (including phenoxy) is 1.